The summed E-state index contributed by atoms with van der Waals surface area (Å²) in [7, 11) is 0. The molecule has 0 aliphatic rings. The second-order valence-electron chi connectivity index (χ2n) is 5.46. The van der Waals surface area contributed by atoms with E-state index in [0.29, 0.717) is 0 Å². The van der Waals surface area contributed by atoms with Gasteiger partial charge in [0.15, 0.2) is 0 Å². The summed E-state index contributed by atoms with van der Waals surface area (Å²) in [6, 6.07) is 8.23. The van der Waals surface area contributed by atoms with Crippen molar-refractivity contribution >= 4 is 17.3 Å². The van der Waals surface area contributed by atoms with Crippen LogP contribution in [0.25, 0.3) is 0 Å². The van der Waals surface area contributed by atoms with Crippen molar-refractivity contribution in [3.63, 3.8) is 0 Å². The summed E-state index contributed by atoms with van der Waals surface area (Å²) in [5.41, 5.74) is 3.16. The maximum absolute atomic E-state index is 12.9. The summed E-state index contributed by atoms with van der Waals surface area (Å²) in [6.07, 6.45) is -9.47. The lowest BCUT2D eigenvalue weighted by molar-refractivity contribution is -0.138. The van der Waals surface area contributed by atoms with E-state index in [-0.39, 0.29) is 24.3 Å². The fraction of sp³-hybridized carbons (Fsp3) is 0.235. The zero-order valence-electron chi connectivity index (χ0n) is 13.2. The lowest BCUT2D eigenvalue weighted by Gasteiger charge is -2.26. The van der Waals surface area contributed by atoms with E-state index >= 15 is 0 Å². The number of nitrogens with zero attached hydrogens (tertiary/aromatic N) is 1. The Morgan fingerprint density at radius 2 is 1.27 bits per heavy atom. The summed E-state index contributed by atoms with van der Waals surface area (Å²) < 4.78 is 77.6. The van der Waals surface area contributed by atoms with Gasteiger partial charge in [0.2, 0.25) is 5.91 Å². The van der Waals surface area contributed by atoms with Crippen molar-refractivity contribution in [1.82, 2.24) is 0 Å². The van der Waals surface area contributed by atoms with Crippen molar-refractivity contribution < 1.29 is 31.1 Å². The largest absolute Gasteiger partial charge is 0.416 e. The average Bonchev–Trinajstić information content (AvgIpc) is 2.54. The standard InChI is InChI=1S/C17H14F6N2O/c18-16(19,20)11-3-1-5-13(9-11)25(8-7-15(24)26)14-6-2-4-12(10-14)17(21,22)23/h1-6,9-10H,7-8H2,(H2,24,26). The molecule has 1 amide bonds. The second kappa shape index (κ2) is 7.27. The van der Waals surface area contributed by atoms with Crippen LogP contribution in [0.3, 0.4) is 0 Å². The highest BCUT2D eigenvalue weighted by atomic mass is 19.4. The molecule has 0 atom stereocenters. The van der Waals surface area contributed by atoms with Crippen molar-refractivity contribution in [3.8, 4) is 0 Å². The minimum Gasteiger partial charge on any atom is -0.370 e. The predicted octanol–water partition coefficient (Wildman–Crippen LogP) is 4.74. The number of benzene rings is 2. The highest BCUT2D eigenvalue weighted by Gasteiger charge is 2.32. The molecule has 2 aromatic carbocycles. The van der Waals surface area contributed by atoms with Crippen LogP contribution in [0.1, 0.15) is 17.5 Å². The Labute approximate surface area is 145 Å². The van der Waals surface area contributed by atoms with Crippen LogP contribution in [-0.4, -0.2) is 12.5 Å². The minimum absolute atomic E-state index is 0.000370. The molecule has 0 heterocycles. The lowest BCUT2D eigenvalue weighted by atomic mass is 10.1. The number of primary amides is 1. The molecular weight excluding hydrogens is 362 g/mol. The van der Waals surface area contributed by atoms with Gasteiger partial charge in [-0.15, -0.1) is 0 Å². The van der Waals surface area contributed by atoms with E-state index in [2.05, 4.69) is 0 Å². The third kappa shape index (κ3) is 4.90. The summed E-state index contributed by atoms with van der Waals surface area (Å²) in [5.74, 6) is -0.728. The zero-order chi connectivity index (χ0) is 19.5. The van der Waals surface area contributed by atoms with Gasteiger partial charge in [-0.25, -0.2) is 0 Å². The predicted molar refractivity (Wildman–Crippen MR) is 83.7 cm³/mol. The number of hydrogen-bond acceptors (Lipinski definition) is 2. The SMILES string of the molecule is NC(=O)CCN(c1cccc(C(F)(F)F)c1)c1cccc(C(F)(F)F)c1. The molecule has 0 fully saturated rings. The molecule has 0 saturated heterocycles. The van der Waals surface area contributed by atoms with Gasteiger partial charge in [-0.2, -0.15) is 26.3 Å². The first-order valence-corrected chi connectivity index (χ1v) is 7.39. The lowest BCUT2D eigenvalue weighted by Crippen LogP contribution is -2.24. The van der Waals surface area contributed by atoms with Crippen LogP contribution in [0.5, 0.6) is 0 Å². The number of amides is 1. The molecule has 3 nitrogen and oxygen atoms in total. The summed E-state index contributed by atoms with van der Waals surface area (Å²) in [5, 5.41) is 0. The van der Waals surface area contributed by atoms with Gasteiger partial charge in [-0.3, -0.25) is 4.79 Å². The molecule has 0 bridgehead atoms. The Bertz CT molecular complexity index is 728. The first-order valence-electron chi connectivity index (χ1n) is 7.39. The highest BCUT2D eigenvalue weighted by molar-refractivity contribution is 5.75. The van der Waals surface area contributed by atoms with Gasteiger partial charge in [0.1, 0.15) is 0 Å². The first kappa shape index (κ1) is 19.6. The third-order valence-corrected chi connectivity index (χ3v) is 3.55. The monoisotopic (exact) mass is 376 g/mol. The molecule has 0 aromatic heterocycles. The second-order valence-corrected chi connectivity index (χ2v) is 5.46. The molecule has 26 heavy (non-hydrogen) atoms. The molecule has 140 valence electrons. The number of nitrogens with two attached hydrogens (primary N) is 1. The smallest absolute Gasteiger partial charge is 0.370 e. The Morgan fingerprint density at radius 3 is 1.62 bits per heavy atom. The van der Waals surface area contributed by atoms with E-state index in [9.17, 15) is 31.1 Å². The van der Waals surface area contributed by atoms with Gasteiger partial charge in [0.05, 0.1) is 11.1 Å². The van der Waals surface area contributed by atoms with Crippen LogP contribution in [-0.2, 0) is 17.1 Å². The molecule has 0 radical (unpaired) electrons. The molecule has 0 aliphatic heterocycles. The number of alkyl halides is 6. The summed E-state index contributed by atoms with van der Waals surface area (Å²) in [6.45, 7) is -0.169. The average molecular weight is 376 g/mol. The number of hydrogen-bond donors (Lipinski definition) is 1. The van der Waals surface area contributed by atoms with E-state index in [4.69, 9.17) is 5.73 Å². The molecule has 0 spiro atoms. The number of anilines is 2. The molecule has 2 aromatic rings. The Kier molecular flexibility index (Phi) is 5.48. The number of carbonyl (C=O) groups excluding carboxylic acids is 1. The quantitative estimate of drug-likeness (QED) is 0.767. The van der Waals surface area contributed by atoms with Gasteiger partial charge < -0.3 is 10.6 Å². The van der Waals surface area contributed by atoms with Crippen molar-refractivity contribution in [2.45, 2.75) is 18.8 Å². The van der Waals surface area contributed by atoms with E-state index in [1.54, 1.807) is 0 Å². The molecule has 2 rings (SSSR count). The molecule has 0 aliphatic carbocycles. The molecule has 2 N–H and O–H groups in total. The minimum atomic E-state index is -4.61. The Hall–Kier alpha value is -2.71. The molecule has 9 heteroatoms. The molecule has 0 saturated carbocycles. The maximum Gasteiger partial charge on any atom is 0.416 e. The van der Waals surface area contributed by atoms with Gasteiger partial charge in [-0.1, -0.05) is 12.1 Å². The van der Waals surface area contributed by atoms with Gasteiger partial charge in [0.25, 0.3) is 0 Å². The van der Waals surface area contributed by atoms with Crippen LogP contribution in [0.2, 0.25) is 0 Å². The van der Waals surface area contributed by atoms with Crippen molar-refractivity contribution in [2.75, 3.05) is 11.4 Å². The van der Waals surface area contributed by atoms with Crippen LogP contribution >= 0.6 is 0 Å². The third-order valence-electron chi connectivity index (χ3n) is 3.55. The van der Waals surface area contributed by atoms with E-state index in [1.165, 1.54) is 17.0 Å². The van der Waals surface area contributed by atoms with Gasteiger partial charge in [0, 0.05) is 24.3 Å². The van der Waals surface area contributed by atoms with Crippen LogP contribution < -0.4 is 10.6 Å². The molecule has 0 unspecified atom stereocenters. The maximum atomic E-state index is 12.9. The first-order chi connectivity index (χ1) is 12.0. The topological polar surface area (TPSA) is 46.3 Å². The van der Waals surface area contributed by atoms with E-state index < -0.39 is 29.4 Å². The number of rotatable bonds is 5. The summed E-state index contributed by atoms with van der Waals surface area (Å²) in [4.78, 5) is 12.2. The van der Waals surface area contributed by atoms with Gasteiger partial charge in [-0.05, 0) is 36.4 Å². The van der Waals surface area contributed by atoms with Crippen molar-refractivity contribution in [2.24, 2.45) is 5.73 Å². The Morgan fingerprint density at radius 1 is 0.846 bits per heavy atom. The van der Waals surface area contributed by atoms with Gasteiger partial charge >= 0.3 is 12.4 Å². The van der Waals surface area contributed by atoms with E-state index in [0.717, 1.165) is 36.4 Å². The van der Waals surface area contributed by atoms with Crippen LogP contribution in [0.4, 0.5) is 37.7 Å². The normalized spacial score (nSPS) is 12.1. The summed E-state index contributed by atoms with van der Waals surface area (Å²) >= 11 is 0. The number of carbonyl (C=O) groups is 1. The van der Waals surface area contributed by atoms with Crippen LogP contribution in [0.15, 0.2) is 48.5 Å². The molecular formula is C17H14F6N2O. The van der Waals surface area contributed by atoms with Crippen molar-refractivity contribution in [3.05, 3.63) is 59.7 Å². The van der Waals surface area contributed by atoms with Crippen molar-refractivity contribution in [1.29, 1.82) is 0 Å². The Balaban J connectivity index is 2.49. The number of halogens is 6. The van der Waals surface area contributed by atoms with Crippen LogP contribution in [0, 0.1) is 0 Å². The fourth-order valence-electron chi connectivity index (χ4n) is 2.33. The highest BCUT2D eigenvalue weighted by Crippen LogP contribution is 2.36. The fourth-order valence-corrected chi connectivity index (χ4v) is 2.33. The van der Waals surface area contributed by atoms with E-state index in [1.807, 2.05) is 0 Å². The zero-order valence-corrected chi connectivity index (χ0v) is 13.2.